The van der Waals surface area contributed by atoms with Crippen molar-refractivity contribution in [2.45, 2.75) is 13.3 Å². The van der Waals surface area contributed by atoms with Crippen LogP contribution in [0.25, 0.3) is 0 Å². The molecule has 2 nitrogen and oxygen atoms in total. The summed E-state index contributed by atoms with van der Waals surface area (Å²) in [6.07, 6.45) is 0.604. The normalized spacial score (nSPS) is 11.6. The first-order valence-electron chi connectivity index (χ1n) is 4.14. The van der Waals surface area contributed by atoms with Crippen molar-refractivity contribution in [3.05, 3.63) is 33.8 Å². The highest BCUT2D eigenvalue weighted by molar-refractivity contribution is 6.36. The summed E-state index contributed by atoms with van der Waals surface area (Å²) in [6, 6.07) is 5.43. The molecule has 1 aromatic carbocycles. The van der Waals surface area contributed by atoms with Crippen LogP contribution in [0.5, 0.6) is 0 Å². The number of hydrogen-bond donors (Lipinski definition) is 0. The van der Waals surface area contributed by atoms with Crippen LogP contribution in [0, 0.1) is 0 Å². The minimum absolute atomic E-state index is 0.604. The summed E-state index contributed by atoms with van der Waals surface area (Å²) >= 11 is 12.0. The Balaban J connectivity index is 2.91. The molecule has 0 radical (unpaired) electrons. The molecule has 0 aromatic heterocycles. The van der Waals surface area contributed by atoms with Crippen LogP contribution in [0.3, 0.4) is 0 Å². The van der Waals surface area contributed by atoms with Crippen molar-refractivity contribution >= 4 is 28.9 Å². The first kappa shape index (κ1) is 11.3. The smallest absolute Gasteiger partial charge is 0.106 e. The van der Waals surface area contributed by atoms with E-state index in [4.69, 9.17) is 23.2 Å². The molecular formula is C10H11Cl2NO. The zero-order valence-electron chi connectivity index (χ0n) is 8.05. The second kappa shape index (κ2) is 5.23. The van der Waals surface area contributed by atoms with E-state index in [1.54, 1.807) is 0 Å². The second-order valence-corrected chi connectivity index (χ2v) is 3.70. The van der Waals surface area contributed by atoms with E-state index in [1.807, 2.05) is 25.1 Å². The molecule has 1 rings (SSSR count). The predicted molar refractivity (Wildman–Crippen MR) is 60.3 cm³/mol. The Labute approximate surface area is 93.5 Å². The molecule has 0 aliphatic carbocycles. The molecule has 0 spiro atoms. The molecule has 0 fully saturated rings. The fraction of sp³-hybridized carbons (Fsp3) is 0.300. The van der Waals surface area contributed by atoms with E-state index in [0.717, 1.165) is 11.3 Å². The topological polar surface area (TPSA) is 21.6 Å². The van der Waals surface area contributed by atoms with Crippen LogP contribution in [-0.4, -0.2) is 12.8 Å². The van der Waals surface area contributed by atoms with Gasteiger partial charge in [0.25, 0.3) is 0 Å². The molecule has 0 unspecified atom stereocenters. The van der Waals surface area contributed by atoms with Gasteiger partial charge in [0.2, 0.25) is 0 Å². The van der Waals surface area contributed by atoms with Crippen LogP contribution >= 0.6 is 23.2 Å². The van der Waals surface area contributed by atoms with E-state index < -0.39 is 0 Å². The van der Waals surface area contributed by atoms with E-state index >= 15 is 0 Å². The Hall–Kier alpha value is -0.730. The van der Waals surface area contributed by atoms with Crippen molar-refractivity contribution in [1.82, 2.24) is 0 Å². The van der Waals surface area contributed by atoms with Crippen LogP contribution in [0.2, 0.25) is 10.0 Å². The summed E-state index contributed by atoms with van der Waals surface area (Å²) in [7, 11) is 1.51. The van der Waals surface area contributed by atoms with Crippen LogP contribution in [0.4, 0.5) is 0 Å². The van der Waals surface area contributed by atoms with Gasteiger partial charge in [-0.05, 0) is 24.6 Å². The third-order valence-electron chi connectivity index (χ3n) is 1.74. The summed E-state index contributed by atoms with van der Waals surface area (Å²) < 4.78 is 0. The third kappa shape index (κ3) is 2.89. The van der Waals surface area contributed by atoms with Gasteiger partial charge in [0.1, 0.15) is 7.11 Å². The fourth-order valence-electron chi connectivity index (χ4n) is 1.15. The molecule has 0 saturated carbocycles. The molecule has 0 bridgehead atoms. The lowest BCUT2D eigenvalue weighted by Gasteiger charge is -2.05. The van der Waals surface area contributed by atoms with Crippen LogP contribution in [0.15, 0.2) is 23.4 Å². The van der Waals surface area contributed by atoms with Crippen molar-refractivity contribution in [3.8, 4) is 0 Å². The van der Waals surface area contributed by atoms with Crippen LogP contribution in [0.1, 0.15) is 12.5 Å². The summed E-state index contributed by atoms with van der Waals surface area (Å²) in [6.45, 7) is 1.86. The quantitative estimate of drug-likeness (QED) is 0.576. The van der Waals surface area contributed by atoms with Gasteiger partial charge >= 0.3 is 0 Å². The largest absolute Gasteiger partial charge is 0.399 e. The SMILES string of the molecule is CO/N=C(\C)Cc1c(Cl)cccc1Cl. The van der Waals surface area contributed by atoms with Gasteiger partial charge in [0, 0.05) is 16.5 Å². The number of oxime groups is 1. The number of hydrogen-bond acceptors (Lipinski definition) is 2. The minimum atomic E-state index is 0.604. The standard InChI is InChI=1S/C10H11Cl2NO/c1-7(13-14-2)6-8-9(11)4-3-5-10(8)12/h3-5H,6H2,1-2H3/b13-7+. The second-order valence-electron chi connectivity index (χ2n) is 2.89. The number of nitrogens with zero attached hydrogens (tertiary/aromatic N) is 1. The van der Waals surface area contributed by atoms with Crippen molar-refractivity contribution < 1.29 is 4.84 Å². The van der Waals surface area contributed by atoms with E-state index in [1.165, 1.54) is 7.11 Å². The Morgan fingerprint density at radius 1 is 1.36 bits per heavy atom. The van der Waals surface area contributed by atoms with Gasteiger partial charge in [-0.2, -0.15) is 0 Å². The summed E-state index contributed by atoms with van der Waals surface area (Å²) in [5, 5.41) is 5.11. The van der Waals surface area contributed by atoms with Crippen LogP contribution in [-0.2, 0) is 11.3 Å². The highest BCUT2D eigenvalue weighted by Gasteiger charge is 2.06. The zero-order chi connectivity index (χ0) is 10.6. The highest BCUT2D eigenvalue weighted by atomic mass is 35.5. The maximum atomic E-state index is 5.99. The maximum absolute atomic E-state index is 5.99. The summed E-state index contributed by atoms with van der Waals surface area (Å²) in [5.41, 5.74) is 1.72. The molecule has 0 aliphatic rings. The molecule has 4 heteroatoms. The van der Waals surface area contributed by atoms with Gasteiger partial charge in [-0.25, -0.2) is 0 Å². The Morgan fingerprint density at radius 3 is 2.43 bits per heavy atom. The zero-order valence-corrected chi connectivity index (χ0v) is 9.56. The van der Waals surface area contributed by atoms with Crippen LogP contribution < -0.4 is 0 Å². The summed E-state index contributed by atoms with van der Waals surface area (Å²) in [4.78, 5) is 4.66. The molecule has 0 heterocycles. The predicted octanol–water partition coefficient (Wildman–Crippen LogP) is 3.56. The highest BCUT2D eigenvalue weighted by Crippen LogP contribution is 2.24. The lowest BCUT2D eigenvalue weighted by Crippen LogP contribution is -1.99. The number of rotatable bonds is 3. The van der Waals surface area contributed by atoms with E-state index in [0.29, 0.717) is 16.5 Å². The van der Waals surface area contributed by atoms with E-state index in [-0.39, 0.29) is 0 Å². The third-order valence-corrected chi connectivity index (χ3v) is 2.45. The molecule has 0 aliphatic heterocycles. The number of benzene rings is 1. The lowest BCUT2D eigenvalue weighted by atomic mass is 10.1. The van der Waals surface area contributed by atoms with E-state index in [2.05, 4.69) is 9.99 Å². The average molecular weight is 232 g/mol. The maximum Gasteiger partial charge on any atom is 0.106 e. The van der Waals surface area contributed by atoms with Crippen molar-refractivity contribution in [1.29, 1.82) is 0 Å². The van der Waals surface area contributed by atoms with Crippen molar-refractivity contribution in [2.75, 3.05) is 7.11 Å². The van der Waals surface area contributed by atoms with E-state index in [9.17, 15) is 0 Å². The average Bonchev–Trinajstić information content (AvgIpc) is 2.12. The van der Waals surface area contributed by atoms with Gasteiger partial charge in [0.05, 0.1) is 5.71 Å². The molecule has 0 saturated heterocycles. The molecule has 1 aromatic rings. The molecule has 0 amide bonds. The van der Waals surface area contributed by atoms with Gasteiger partial charge < -0.3 is 4.84 Å². The van der Waals surface area contributed by atoms with Gasteiger partial charge in [-0.1, -0.05) is 34.4 Å². The fourth-order valence-corrected chi connectivity index (χ4v) is 1.68. The summed E-state index contributed by atoms with van der Waals surface area (Å²) in [5.74, 6) is 0. The monoisotopic (exact) mass is 231 g/mol. The first-order chi connectivity index (χ1) is 6.65. The molecule has 0 atom stereocenters. The Kier molecular flexibility index (Phi) is 4.23. The molecule has 0 N–H and O–H groups in total. The van der Waals surface area contributed by atoms with Gasteiger partial charge in [-0.15, -0.1) is 0 Å². The Morgan fingerprint density at radius 2 is 1.93 bits per heavy atom. The van der Waals surface area contributed by atoms with Crippen molar-refractivity contribution in [3.63, 3.8) is 0 Å². The Bertz CT molecular complexity index is 330. The number of halogens is 2. The van der Waals surface area contributed by atoms with Gasteiger partial charge in [-0.3, -0.25) is 0 Å². The van der Waals surface area contributed by atoms with Crippen molar-refractivity contribution in [2.24, 2.45) is 5.16 Å². The van der Waals surface area contributed by atoms with Gasteiger partial charge in [0.15, 0.2) is 0 Å². The molecule has 76 valence electrons. The molecular weight excluding hydrogens is 221 g/mol. The molecule has 14 heavy (non-hydrogen) atoms. The first-order valence-corrected chi connectivity index (χ1v) is 4.90. The minimum Gasteiger partial charge on any atom is -0.399 e. The lowest BCUT2D eigenvalue weighted by molar-refractivity contribution is 0.212.